The number of aromatic nitrogens is 4. The molecule has 0 atom stereocenters. The molecular formula is C42H28N4. The summed E-state index contributed by atoms with van der Waals surface area (Å²) in [5, 5.41) is 5.62. The third-order valence-corrected chi connectivity index (χ3v) is 8.72. The molecule has 0 aliphatic carbocycles. The van der Waals surface area contributed by atoms with Crippen molar-refractivity contribution in [2.24, 2.45) is 0 Å². The first-order valence-corrected chi connectivity index (χ1v) is 15.5. The number of hydrogen-bond acceptors (Lipinski definition) is 2. The van der Waals surface area contributed by atoms with Gasteiger partial charge in [0.1, 0.15) is 0 Å². The van der Waals surface area contributed by atoms with Crippen molar-refractivity contribution in [3.8, 4) is 28.3 Å². The number of nitrogens with zero attached hydrogens (tertiary/aromatic N) is 3. The number of hydrogen-bond donors (Lipinski definition) is 1. The minimum atomic E-state index is 0.719. The van der Waals surface area contributed by atoms with Gasteiger partial charge in [-0.1, -0.05) is 97.1 Å². The van der Waals surface area contributed by atoms with Gasteiger partial charge >= 0.3 is 0 Å². The lowest BCUT2D eigenvalue weighted by atomic mass is 9.96. The van der Waals surface area contributed by atoms with Gasteiger partial charge in [-0.15, -0.1) is 0 Å². The summed E-state index contributed by atoms with van der Waals surface area (Å²) in [5.41, 5.74) is 9.27. The first-order chi connectivity index (χ1) is 22.8. The fourth-order valence-electron chi connectivity index (χ4n) is 6.59. The Kier molecular flexibility index (Phi) is 6.10. The van der Waals surface area contributed by atoms with Crippen molar-refractivity contribution in [1.29, 1.82) is 0 Å². The molecule has 4 bridgehead atoms. The summed E-state index contributed by atoms with van der Waals surface area (Å²) < 4.78 is 2.32. The predicted molar refractivity (Wildman–Crippen MR) is 192 cm³/mol. The third kappa shape index (κ3) is 4.47. The van der Waals surface area contributed by atoms with Crippen LogP contribution in [0.4, 0.5) is 0 Å². The minimum Gasteiger partial charge on any atom is -0.355 e. The van der Waals surface area contributed by atoms with Gasteiger partial charge in [0, 0.05) is 49.7 Å². The molecule has 7 aromatic carbocycles. The van der Waals surface area contributed by atoms with Gasteiger partial charge in [0.05, 0.1) is 11.2 Å². The zero-order valence-electron chi connectivity index (χ0n) is 24.9. The first-order valence-electron chi connectivity index (χ1n) is 15.5. The summed E-state index contributed by atoms with van der Waals surface area (Å²) >= 11 is 0. The summed E-state index contributed by atoms with van der Waals surface area (Å²) in [7, 11) is 0. The molecule has 1 N–H and O–H groups in total. The Morgan fingerprint density at radius 2 is 1.20 bits per heavy atom. The summed E-state index contributed by atoms with van der Waals surface area (Å²) in [4.78, 5) is 13.9. The van der Waals surface area contributed by atoms with Gasteiger partial charge in [0.2, 0.25) is 0 Å². The highest BCUT2D eigenvalue weighted by Gasteiger charge is 2.14. The molecule has 46 heavy (non-hydrogen) atoms. The highest BCUT2D eigenvalue weighted by Crippen LogP contribution is 2.36. The minimum absolute atomic E-state index is 0.719. The van der Waals surface area contributed by atoms with Gasteiger partial charge in [-0.3, -0.25) is 0 Å². The van der Waals surface area contributed by atoms with Crippen LogP contribution in [0.25, 0.3) is 82.8 Å². The van der Waals surface area contributed by atoms with Crippen LogP contribution in [0.2, 0.25) is 0 Å². The molecule has 2 heterocycles. The number of aromatic amines is 1. The predicted octanol–water partition coefficient (Wildman–Crippen LogP) is 10.8. The zero-order chi connectivity index (χ0) is 30.5. The molecule has 0 aliphatic rings. The Labute approximate surface area is 265 Å². The summed E-state index contributed by atoms with van der Waals surface area (Å²) in [6, 6.07) is 57.6. The number of para-hydroxylation sites is 3. The van der Waals surface area contributed by atoms with Gasteiger partial charge in [-0.05, 0) is 82.9 Å². The van der Waals surface area contributed by atoms with Crippen LogP contribution in [-0.4, -0.2) is 19.5 Å². The topological polar surface area (TPSA) is 46.5 Å². The van der Waals surface area contributed by atoms with Crippen LogP contribution in [0.1, 0.15) is 0 Å². The molecular weight excluding hydrogens is 560 g/mol. The number of fused-ring (bicyclic) bond motifs is 6. The monoisotopic (exact) mass is 588 g/mol. The van der Waals surface area contributed by atoms with Crippen LogP contribution in [0, 0.1) is 0 Å². The van der Waals surface area contributed by atoms with Gasteiger partial charge < -0.3 is 9.55 Å². The molecule has 4 nitrogen and oxygen atoms in total. The second-order valence-corrected chi connectivity index (χ2v) is 11.6. The van der Waals surface area contributed by atoms with Gasteiger partial charge in [0.15, 0.2) is 5.82 Å². The van der Waals surface area contributed by atoms with Crippen molar-refractivity contribution < 1.29 is 0 Å². The molecule has 0 saturated carbocycles. The number of rotatable bonds is 3. The zero-order valence-corrected chi connectivity index (χ0v) is 24.9. The Balaban J connectivity index is 1.44. The molecule has 9 aromatic rings. The van der Waals surface area contributed by atoms with E-state index in [1.807, 2.05) is 24.3 Å². The maximum Gasteiger partial charge on any atom is 0.160 e. The SMILES string of the molecule is c1ccc(-c2nc(-c3cc4ccc5cc4c(c3)c3ccccc3[nH]c3cccc(c3)n5-c3ccccc3)c3ccccc3n2)cc1. The van der Waals surface area contributed by atoms with Crippen molar-refractivity contribution in [3.05, 3.63) is 164 Å². The summed E-state index contributed by atoms with van der Waals surface area (Å²) in [5.74, 6) is 0.719. The molecule has 2 aromatic heterocycles. The lowest BCUT2D eigenvalue weighted by molar-refractivity contribution is 1.16. The van der Waals surface area contributed by atoms with Gasteiger partial charge in [0.25, 0.3) is 0 Å². The maximum absolute atomic E-state index is 5.22. The van der Waals surface area contributed by atoms with Gasteiger partial charge in [-0.2, -0.15) is 0 Å². The molecule has 9 rings (SSSR count). The first kappa shape index (κ1) is 26.2. The van der Waals surface area contributed by atoms with Crippen LogP contribution in [0.15, 0.2) is 164 Å². The number of nitrogens with one attached hydrogen (secondary N) is 1. The van der Waals surface area contributed by atoms with Crippen molar-refractivity contribution in [3.63, 3.8) is 0 Å². The number of benzene rings is 7. The van der Waals surface area contributed by atoms with Crippen LogP contribution >= 0.6 is 0 Å². The highest BCUT2D eigenvalue weighted by molar-refractivity contribution is 6.14. The second-order valence-electron chi connectivity index (χ2n) is 11.6. The summed E-state index contributed by atoms with van der Waals surface area (Å²) in [6.45, 7) is 0. The molecule has 0 fully saturated rings. The summed E-state index contributed by atoms with van der Waals surface area (Å²) in [6.07, 6.45) is 0. The van der Waals surface area contributed by atoms with E-state index in [9.17, 15) is 0 Å². The molecule has 0 radical (unpaired) electrons. The van der Waals surface area contributed by atoms with Gasteiger partial charge in [-0.25, -0.2) is 9.97 Å². The fraction of sp³-hybridized carbons (Fsp3) is 0. The van der Waals surface area contributed by atoms with E-state index in [2.05, 4.69) is 149 Å². The number of H-pyrrole nitrogens is 1. The Bertz CT molecular complexity index is 2630. The van der Waals surface area contributed by atoms with Crippen molar-refractivity contribution in [2.75, 3.05) is 0 Å². The van der Waals surface area contributed by atoms with E-state index in [1.165, 1.54) is 5.39 Å². The second kappa shape index (κ2) is 10.7. The fourth-order valence-corrected chi connectivity index (χ4v) is 6.59. The van der Waals surface area contributed by atoms with E-state index in [1.54, 1.807) is 0 Å². The molecule has 216 valence electrons. The molecule has 0 unspecified atom stereocenters. The maximum atomic E-state index is 5.22. The Hall–Kier alpha value is -6.26. The van der Waals surface area contributed by atoms with Crippen LogP contribution in [-0.2, 0) is 0 Å². The average Bonchev–Trinajstić information content (AvgIpc) is 3.13. The standard InChI is InChI=1S/C42H28N4/c1-3-12-28(13-4-1)42-44-40-21-10-8-19-36(40)41(45-42)30-24-29-22-23-34-27-37(29)38(25-30)35-18-7-9-20-39(35)43-31-14-11-17-33(26-31)46(34)32-15-5-2-6-16-32/h1-27,43H. The van der Waals surface area contributed by atoms with E-state index in [0.29, 0.717) is 0 Å². The highest BCUT2D eigenvalue weighted by atomic mass is 15.0. The average molecular weight is 589 g/mol. The van der Waals surface area contributed by atoms with E-state index in [0.717, 1.165) is 77.5 Å². The van der Waals surface area contributed by atoms with Crippen LogP contribution in [0.3, 0.4) is 0 Å². The molecule has 0 amide bonds. The molecule has 4 heteroatoms. The molecule has 0 aliphatic heterocycles. The largest absolute Gasteiger partial charge is 0.355 e. The van der Waals surface area contributed by atoms with E-state index in [-0.39, 0.29) is 0 Å². The van der Waals surface area contributed by atoms with Crippen LogP contribution in [0.5, 0.6) is 0 Å². The van der Waals surface area contributed by atoms with Crippen LogP contribution < -0.4 is 0 Å². The Morgan fingerprint density at radius 1 is 0.457 bits per heavy atom. The molecule has 0 saturated heterocycles. The van der Waals surface area contributed by atoms with Crippen molar-refractivity contribution in [2.45, 2.75) is 0 Å². The normalized spacial score (nSPS) is 11.5. The van der Waals surface area contributed by atoms with Crippen molar-refractivity contribution >= 4 is 54.5 Å². The lowest BCUT2D eigenvalue weighted by Gasteiger charge is -2.14. The van der Waals surface area contributed by atoms with E-state index < -0.39 is 0 Å². The lowest BCUT2D eigenvalue weighted by Crippen LogP contribution is -1.97. The van der Waals surface area contributed by atoms with E-state index >= 15 is 0 Å². The third-order valence-electron chi connectivity index (χ3n) is 8.72. The van der Waals surface area contributed by atoms with Crippen molar-refractivity contribution in [1.82, 2.24) is 19.5 Å². The molecule has 0 spiro atoms. The van der Waals surface area contributed by atoms with E-state index in [4.69, 9.17) is 9.97 Å². The Morgan fingerprint density at radius 3 is 2.07 bits per heavy atom. The smallest absolute Gasteiger partial charge is 0.160 e. The quantitative estimate of drug-likeness (QED) is 0.223.